The molecule has 2 aliphatic heterocycles. The Hall–Kier alpha value is -1.27. The Morgan fingerprint density at radius 1 is 1.45 bits per heavy atom. The predicted octanol–water partition coefficient (Wildman–Crippen LogP) is 2.90. The molecule has 0 radical (unpaired) electrons. The minimum Gasteiger partial charge on any atom is -0.503 e. The Morgan fingerprint density at radius 3 is 3.00 bits per heavy atom. The fourth-order valence-electron chi connectivity index (χ4n) is 3.24. The first-order chi connectivity index (χ1) is 10.6. The van der Waals surface area contributed by atoms with Crippen molar-refractivity contribution in [3.63, 3.8) is 0 Å². The third kappa shape index (κ3) is 2.82. The van der Waals surface area contributed by atoms with Gasteiger partial charge < -0.3 is 20.2 Å². The van der Waals surface area contributed by atoms with Gasteiger partial charge in [-0.2, -0.15) is 5.10 Å². The summed E-state index contributed by atoms with van der Waals surface area (Å²) in [6, 6.07) is 4.02. The lowest BCUT2D eigenvalue weighted by atomic mass is 9.86. The van der Waals surface area contributed by atoms with Crippen LogP contribution >= 0.6 is 15.9 Å². The highest BCUT2D eigenvalue weighted by Gasteiger charge is 2.37. The fourth-order valence-corrected chi connectivity index (χ4v) is 3.70. The molecule has 120 valence electrons. The average molecular weight is 368 g/mol. The van der Waals surface area contributed by atoms with Gasteiger partial charge in [0.15, 0.2) is 11.5 Å². The number of hydrogen-bond donors (Lipinski definition) is 2. The second kappa shape index (κ2) is 6.46. The summed E-state index contributed by atoms with van der Waals surface area (Å²) < 4.78 is 6.20. The first-order valence-electron chi connectivity index (χ1n) is 7.83. The van der Waals surface area contributed by atoms with Gasteiger partial charge in [-0.25, -0.2) is 0 Å². The van der Waals surface area contributed by atoms with E-state index in [1.807, 2.05) is 19.1 Å². The number of halogens is 1. The van der Waals surface area contributed by atoms with Crippen LogP contribution in [0.25, 0.3) is 0 Å². The smallest absolute Gasteiger partial charge is 0.172 e. The van der Waals surface area contributed by atoms with Crippen molar-refractivity contribution in [2.45, 2.75) is 26.3 Å². The highest BCUT2D eigenvalue weighted by atomic mass is 79.9. The Kier molecular flexibility index (Phi) is 4.59. The largest absolute Gasteiger partial charge is 0.503 e. The van der Waals surface area contributed by atoms with Crippen LogP contribution in [-0.4, -0.2) is 42.0 Å². The lowest BCUT2D eigenvalue weighted by Crippen LogP contribution is -2.41. The van der Waals surface area contributed by atoms with Crippen LogP contribution in [0.2, 0.25) is 0 Å². The van der Waals surface area contributed by atoms with Crippen molar-refractivity contribution >= 4 is 21.6 Å². The molecule has 1 fully saturated rings. The number of piperidine rings is 1. The quantitative estimate of drug-likeness (QED) is 0.858. The molecule has 1 aromatic rings. The fraction of sp³-hybridized carbons (Fsp3) is 0.562. The van der Waals surface area contributed by atoms with Crippen LogP contribution in [0.5, 0.6) is 11.5 Å². The van der Waals surface area contributed by atoms with Gasteiger partial charge in [0.05, 0.1) is 17.1 Å². The molecule has 0 aliphatic carbocycles. The van der Waals surface area contributed by atoms with E-state index in [1.165, 1.54) is 5.71 Å². The standard InChI is InChI=1S/C16H22BrN3O2/c1-3-20-6-5-13-11(9-20)15(19-18-13)10-7-12(17)16(21)14(8-10)22-4-2/h7-8,11,15,19,21H,3-6,9H2,1-2H3. The molecule has 2 unspecified atom stereocenters. The number of phenolic OH excluding ortho intramolecular Hbond substituents is 1. The van der Waals surface area contributed by atoms with Crippen LogP contribution in [0.4, 0.5) is 0 Å². The van der Waals surface area contributed by atoms with Crippen molar-refractivity contribution in [1.82, 2.24) is 10.3 Å². The van der Waals surface area contributed by atoms with Crippen LogP contribution in [0.15, 0.2) is 21.7 Å². The summed E-state index contributed by atoms with van der Waals surface area (Å²) in [5.74, 6) is 1.06. The molecule has 0 aromatic heterocycles. The third-order valence-corrected chi connectivity index (χ3v) is 5.08. The number of fused-ring (bicyclic) bond motifs is 1. The van der Waals surface area contributed by atoms with E-state index in [1.54, 1.807) is 0 Å². The first kappa shape index (κ1) is 15.6. The number of aromatic hydroxyl groups is 1. The van der Waals surface area contributed by atoms with Gasteiger partial charge in [-0.05, 0) is 47.1 Å². The zero-order chi connectivity index (χ0) is 15.7. The van der Waals surface area contributed by atoms with Crippen LogP contribution in [0, 0.1) is 5.92 Å². The van der Waals surface area contributed by atoms with E-state index >= 15 is 0 Å². The molecule has 1 saturated heterocycles. The van der Waals surface area contributed by atoms with Crippen molar-refractivity contribution in [3.8, 4) is 11.5 Å². The number of hydrogen-bond acceptors (Lipinski definition) is 5. The average Bonchev–Trinajstić information content (AvgIpc) is 2.94. The van der Waals surface area contributed by atoms with E-state index < -0.39 is 0 Å². The zero-order valence-corrected chi connectivity index (χ0v) is 14.6. The molecule has 0 saturated carbocycles. The van der Waals surface area contributed by atoms with E-state index in [2.05, 4.69) is 38.3 Å². The summed E-state index contributed by atoms with van der Waals surface area (Å²) in [7, 11) is 0. The molecule has 0 spiro atoms. The number of nitrogens with one attached hydrogen (secondary N) is 1. The molecule has 1 aromatic carbocycles. The minimum absolute atomic E-state index is 0.139. The summed E-state index contributed by atoms with van der Waals surface area (Å²) in [6.07, 6.45) is 1.03. The maximum absolute atomic E-state index is 10.1. The molecule has 6 heteroatoms. The van der Waals surface area contributed by atoms with Gasteiger partial charge in [-0.3, -0.25) is 0 Å². The number of ether oxygens (including phenoxy) is 1. The summed E-state index contributed by atoms with van der Waals surface area (Å²) in [5.41, 5.74) is 5.63. The first-order valence-corrected chi connectivity index (χ1v) is 8.62. The second-order valence-electron chi connectivity index (χ2n) is 5.74. The van der Waals surface area contributed by atoms with Gasteiger partial charge >= 0.3 is 0 Å². The van der Waals surface area contributed by atoms with E-state index in [-0.39, 0.29) is 11.8 Å². The maximum Gasteiger partial charge on any atom is 0.172 e. The highest BCUT2D eigenvalue weighted by Crippen LogP contribution is 2.40. The van der Waals surface area contributed by atoms with Crippen molar-refractivity contribution in [1.29, 1.82) is 0 Å². The number of hydrazone groups is 1. The molecule has 2 aliphatic rings. The molecule has 0 bridgehead atoms. The van der Waals surface area contributed by atoms with Gasteiger partial charge in [0, 0.05) is 31.1 Å². The third-order valence-electron chi connectivity index (χ3n) is 4.47. The van der Waals surface area contributed by atoms with Crippen LogP contribution in [0.3, 0.4) is 0 Å². The number of benzene rings is 1. The summed E-state index contributed by atoms with van der Waals surface area (Å²) in [6.45, 7) is 7.81. The van der Waals surface area contributed by atoms with Crippen molar-refractivity contribution in [2.75, 3.05) is 26.2 Å². The van der Waals surface area contributed by atoms with E-state index in [0.29, 0.717) is 22.7 Å². The molecular formula is C16H22BrN3O2. The molecule has 2 heterocycles. The topological polar surface area (TPSA) is 57.1 Å². The molecule has 2 N–H and O–H groups in total. The summed E-state index contributed by atoms with van der Waals surface area (Å²) >= 11 is 3.42. The van der Waals surface area contributed by atoms with Gasteiger partial charge in [0.25, 0.3) is 0 Å². The Balaban J connectivity index is 1.88. The molecular weight excluding hydrogens is 346 g/mol. The van der Waals surface area contributed by atoms with Crippen LogP contribution in [-0.2, 0) is 0 Å². The predicted molar refractivity (Wildman–Crippen MR) is 90.5 cm³/mol. The molecule has 0 amide bonds. The van der Waals surface area contributed by atoms with E-state index in [4.69, 9.17) is 4.74 Å². The molecule has 5 nitrogen and oxygen atoms in total. The van der Waals surface area contributed by atoms with Gasteiger partial charge in [0.1, 0.15) is 0 Å². The van der Waals surface area contributed by atoms with E-state index in [9.17, 15) is 5.11 Å². The monoisotopic (exact) mass is 367 g/mol. The number of phenols is 1. The highest BCUT2D eigenvalue weighted by molar-refractivity contribution is 9.10. The van der Waals surface area contributed by atoms with Crippen molar-refractivity contribution in [2.24, 2.45) is 11.0 Å². The summed E-state index contributed by atoms with van der Waals surface area (Å²) in [5, 5.41) is 14.6. The Labute approximate surface area is 139 Å². The van der Waals surface area contributed by atoms with Crippen molar-refractivity contribution < 1.29 is 9.84 Å². The number of rotatable bonds is 4. The summed E-state index contributed by atoms with van der Waals surface area (Å²) in [4.78, 5) is 2.46. The zero-order valence-electron chi connectivity index (χ0n) is 13.0. The number of likely N-dealkylation sites (tertiary alicyclic amines) is 1. The lowest BCUT2D eigenvalue weighted by Gasteiger charge is -2.33. The van der Waals surface area contributed by atoms with Crippen LogP contribution in [0.1, 0.15) is 31.9 Å². The van der Waals surface area contributed by atoms with Gasteiger partial charge in [-0.15, -0.1) is 0 Å². The van der Waals surface area contributed by atoms with Gasteiger partial charge in [0.2, 0.25) is 0 Å². The maximum atomic E-state index is 10.1. The number of nitrogens with zero attached hydrogens (tertiary/aromatic N) is 2. The molecule has 3 rings (SSSR count). The van der Waals surface area contributed by atoms with E-state index in [0.717, 1.165) is 31.6 Å². The minimum atomic E-state index is 0.139. The SMILES string of the molecule is CCOc1cc(C2NN=C3CCN(CC)CC32)cc(Br)c1O. The van der Waals surface area contributed by atoms with Crippen LogP contribution < -0.4 is 10.2 Å². The van der Waals surface area contributed by atoms with Gasteiger partial charge in [-0.1, -0.05) is 6.92 Å². The second-order valence-corrected chi connectivity index (χ2v) is 6.60. The molecule has 22 heavy (non-hydrogen) atoms. The van der Waals surface area contributed by atoms with Crippen molar-refractivity contribution in [3.05, 3.63) is 22.2 Å². The molecule has 2 atom stereocenters. The Bertz CT molecular complexity index is 591. The normalized spacial score (nSPS) is 24.6. The Morgan fingerprint density at radius 2 is 2.27 bits per heavy atom. The lowest BCUT2D eigenvalue weighted by molar-refractivity contribution is 0.238.